The summed E-state index contributed by atoms with van der Waals surface area (Å²) < 4.78 is 17.4. The summed E-state index contributed by atoms with van der Waals surface area (Å²) in [5, 5.41) is 6.65. The number of carbonyl (C=O) groups excluding carboxylic acids is 2. The maximum absolute atomic E-state index is 12.4. The Kier molecular flexibility index (Phi) is 9.25. The van der Waals surface area contributed by atoms with Gasteiger partial charge < -0.3 is 19.5 Å². The number of ether oxygens (including phenoxy) is 3. The Morgan fingerprint density at radius 1 is 0.943 bits per heavy atom. The smallest absolute Gasteiger partial charge is 0.252 e. The fourth-order valence-electron chi connectivity index (χ4n) is 2.94. The molecule has 3 rings (SSSR count). The van der Waals surface area contributed by atoms with E-state index in [1.165, 1.54) is 13.1 Å². The number of halogens is 1. The zero-order chi connectivity index (χ0) is 25.2. The molecule has 0 aliphatic rings. The van der Waals surface area contributed by atoms with E-state index in [1.54, 1.807) is 56.7 Å². The molecule has 9 heteroatoms. The molecule has 2 N–H and O–H groups in total. The number of hydrogen-bond acceptors (Lipinski definition) is 6. The van der Waals surface area contributed by atoms with Gasteiger partial charge in [-0.15, -0.1) is 0 Å². The summed E-state index contributed by atoms with van der Waals surface area (Å²) in [6, 6.07) is 20.0. The second kappa shape index (κ2) is 12.6. The molecular weight excluding hydrogens is 514 g/mol. The number of nitrogens with one attached hydrogen (secondary N) is 2. The first-order chi connectivity index (χ1) is 16.9. The molecule has 3 aromatic rings. The SMILES string of the molecule is COc1ccc(NC(=O)C(C)C(=O)NN=Cc2ccc(OCc3ccc(Br)cc3)c(OC)c2)cc1. The van der Waals surface area contributed by atoms with Crippen LogP contribution in [-0.2, 0) is 16.2 Å². The Bertz CT molecular complexity index is 1180. The highest BCUT2D eigenvalue weighted by Gasteiger charge is 2.21. The van der Waals surface area contributed by atoms with Crippen molar-refractivity contribution >= 4 is 39.6 Å². The minimum atomic E-state index is -0.946. The summed E-state index contributed by atoms with van der Waals surface area (Å²) in [6.07, 6.45) is 1.47. The van der Waals surface area contributed by atoms with E-state index in [2.05, 4.69) is 31.8 Å². The van der Waals surface area contributed by atoms with E-state index < -0.39 is 17.7 Å². The van der Waals surface area contributed by atoms with Gasteiger partial charge in [-0.25, -0.2) is 5.43 Å². The quantitative estimate of drug-likeness (QED) is 0.219. The lowest BCUT2D eigenvalue weighted by atomic mass is 10.1. The van der Waals surface area contributed by atoms with Crippen molar-refractivity contribution in [2.45, 2.75) is 13.5 Å². The third-order valence-corrected chi connectivity index (χ3v) is 5.56. The third kappa shape index (κ3) is 7.58. The molecule has 8 nitrogen and oxygen atoms in total. The van der Waals surface area contributed by atoms with Crippen molar-refractivity contribution in [1.82, 2.24) is 5.43 Å². The average molecular weight is 540 g/mol. The van der Waals surface area contributed by atoms with Crippen LogP contribution in [0.3, 0.4) is 0 Å². The van der Waals surface area contributed by atoms with E-state index >= 15 is 0 Å². The van der Waals surface area contributed by atoms with Crippen molar-refractivity contribution in [2.75, 3.05) is 19.5 Å². The van der Waals surface area contributed by atoms with Gasteiger partial charge in [-0.2, -0.15) is 5.10 Å². The van der Waals surface area contributed by atoms with Crippen molar-refractivity contribution < 1.29 is 23.8 Å². The molecule has 3 aromatic carbocycles. The van der Waals surface area contributed by atoms with Crippen LogP contribution in [0.4, 0.5) is 5.69 Å². The van der Waals surface area contributed by atoms with Gasteiger partial charge in [0.25, 0.3) is 5.91 Å². The standard InChI is InChI=1S/C26H26BrN3O5/c1-17(25(31)29-21-9-11-22(33-2)12-10-21)26(32)30-28-15-19-6-13-23(24(14-19)34-3)35-16-18-4-7-20(27)8-5-18/h4-15,17H,16H2,1-3H3,(H,29,31)(H,30,32). The molecule has 1 atom stereocenters. The highest BCUT2D eigenvalue weighted by Crippen LogP contribution is 2.28. The van der Waals surface area contributed by atoms with Crippen LogP contribution < -0.4 is 25.0 Å². The van der Waals surface area contributed by atoms with E-state index in [0.717, 1.165) is 10.0 Å². The van der Waals surface area contributed by atoms with Gasteiger partial charge in [0.15, 0.2) is 11.5 Å². The molecule has 1 unspecified atom stereocenters. The van der Waals surface area contributed by atoms with Crippen LogP contribution in [0, 0.1) is 5.92 Å². The van der Waals surface area contributed by atoms with Gasteiger partial charge in [0.1, 0.15) is 18.3 Å². The van der Waals surface area contributed by atoms with Gasteiger partial charge in [-0.1, -0.05) is 28.1 Å². The van der Waals surface area contributed by atoms with Crippen LogP contribution in [0.5, 0.6) is 17.2 Å². The number of rotatable bonds is 10. The molecular formula is C26H26BrN3O5. The van der Waals surface area contributed by atoms with Gasteiger partial charge >= 0.3 is 0 Å². The number of methoxy groups -OCH3 is 2. The molecule has 0 heterocycles. The summed E-state index contributed by atoms with van der Waals surface area (Å²) in [5.41, 5.74) is 4.67. The molecule has 0 radical (unpaired) electrons. The maximum Gasteiger partial charge on any atom is 0.252 e. The molecule has 182 valence electrons. The van der Waals surface area contributed by atoms with E-state index in [9.17, 15) is 9.59 Å². The number of hydrazone groups is 1. The molecule has 0 aromatic heterocycles. The first-order valence-corrected chi connectivity index (χ1v) is 11.5. The van der Waals surface area contributed by atoms with Crippen LogP contribution in [-0.4, -0.2) is 32.2 Å². The normalized spacial score (nSPS) is 11.5. The van der Waals surface area contributed by atoms with Gasteiger partial charge in [0.2, 0.25) is 5.91 Å². The Morgan fingerprint density at radius 2 is 1.66 bits per heavy atom. The Balaban J connectivity index is 1.53. The number of benzene rings is 3. The predicted molar refractivity (Wildman–Crippen MR) is 138 cm³/mol. The van der Waals surface area contributed by atoms with E-state index in [4.69, 9.17) is 14.2 Å². The summed E-state index contributed by atoms with van der Waals surface area (Å²) in [6.45, 7) is 1.90. The van der Waals surface area contributed by atoms with Gasteiger partial charge in [0.05, 0.1) is 20.4 Å². The van der Waals surface area contributed by atoms with Crippen molar-refractivity contribution in [2.24, 2.45) is 11.0 Å². The molecule has 0 fully saturated rings. The maximum atomic E-state index is 12.4. The predicted octanol–water partition coefficient (Wildman–Crippen LogP) is 4.77. The van der Waals surface area contributed by atoms with Crippen LogP contribution in [0.25, 0.3) is 0 Å². The van der Waals surface area contributed by atoms with Crippen LogP contribution in [0.2, 0.25) is 0 Å². The number of carbonyl (C=O) groups is 2. The second-order valence-corrected chi connectivity index (χ2v) is 8.41. The van der Waals surface area contributed by atoms with Crippen molar-refractivity contribution in [1.29, 1.82) is 0 Å². The van der Waals surface area contributed by atoms with Crippen LogP contribution in [0.15, 0.2) is 76.3 Å². The fourth-order valence-corrected chi connectivity index (χ4v) is 3.20. The molecule has 2 amide bonds. The largest absolute Gasteiger partial charge is 0.497 e. The molecule has 0 bridgehead atoms. The Hall–Kier alpha value is -3.85. The Labute approximate surface area is 212 Å². The third-order valence-electron chi connectivity index (χ3n) is 5.03. The van der Waals surface area contributed by atoms with E-state index in [-0.39, 0.29) is 0 Å². The lowest BCUT2D eigenvalue weighted by Gasteiger charge is -2.12. The van der Waals surface area contributed by atoms with Crippen LogP contribution >= 0.6 is 15.9 Å². The topological polar surface area (TPSA) is 98.2 Å². The highest BCUT2D eigenvalue weighted by molar-refractivity contribution is 9.10. The molecule has 0 saturated carbocycles. The molecule has 0 spiro atoms. The zero-order valence-electron chi connectivity index (χ0n) is 19.6. The number of nitrogens with zero attached hydrogens (tertiary/aromatic N) is 1. The van der Waals surface area contributed by atoms with Crippen LogP contribution in [0.1, 0.15) is 18.1 Å². The first kappa shape index (κ1) is 25.8. The highest BCUT2D eigenvalue weighted by atomic mass is 79.9. The average Bonchev–Trinajstić information content (AvgIpc) is 2.88. The lowest BCUT2D eigenvalue weighted by Crippen LogP contribution is -2.34. The van der Waals surface area contributed by atoms with E-state index in [0.29, 0.717) is 35.1 Å². The van der Waals surface area contributed by atoms with E-state index in [1.807, 2.05) is 24.3 Å². The molecule has 35 heavy (non-hydrogen) atoms. The zero-order valence-corrected chi connectivity index (χ0v) is 21.2. The summed E-state index contributed by atoms with van der Waals surface area (Å²) in [4.78, 5) is 24.7. The fraction of sp³-hybridized carbons (Fsp3) is 0.192. The monoisotopic (exact) mass is 539 g/mol. The minimum Gasteiger partial charge on any atom is -0.497 e. The van der Waals surface area contributed by atoms with Gasteiger partial charge in [-0.05, 0) is 72.6 Å². The first-order valence-electron chi connectivity index (χ1n) is 10.7. The summed E-state index contributed by atoms with van der Waals surface area (Å²) in [5.74, 6) is -0.141. The molecule has 0 saturated heterocycles. The number of hydrogen-bond donors (Lipinski definition) is 2. The molecule has 0 aliphatic carbocycles. The number of amides is 2. The molecule has 0 aliphatic heterocycles. The summed E-state index contributed by atoms with van der Waals surface area (Å²) >= 11 is 3.41. The second-order valence-electron chi connectivity index (χ2n) is 7.50. The summed E-state index contributed by atoms with van der Waals surface area (Å²) in [7, 11) is 3.11. The Morgan fingerprint density at radius 3 is 2.31 bits per heavy atom. The van der Waals surface area contributed by atoms with Crippen molar-refractivity contribution in [3.8, 4) is 17.2 Å². The van der Waals surface area contributed by atoms with Gasteiger partial charge in [0, 0.05) is 10.2 Å². The lowest BCUT2D eigenvalue weighted by molar-refractivity contribution is -0.131. The minimum absolute atomic E-state index is 0.392. The van der Waals surface area contributed by atoms with Crippen molar-refractivity contribution in [3.05, 3.63) is 82.3 Å². The number of anilines is 1. The van der Waals surface area contributed by atoms with Crippen molar-refractivity contribution in [3.63, 3.8) is 0 Å². The van der Waals surface area contributed by atoms with Gasteiger partial charge in [-0.3, -0.25) is 9.59 Å².